The molecular weight excluding hydrogens is 204 g/mol. The molecular formula is C11H20N4O. The first-order chi connectivity index (χ1) is 7.72. The highest BCUT2D eigenvalue weighted by atomic mass is 16.1. The fourth-order valence-corrected chi connectivity index (χ4v) is 1.77. The number of piperidine rings is 1. The van der Waals surface area contributed by atoms with Crippen molar-refractivity contribution >= 4 is 5.91 Å². The maximum Gasteiger partial charge on any atom is 0.233 e. The second kappa shape index (κ2) is 7.20. The molecule has 0 aromatic rings. The van der Waals surface area contributed by atoms with E-state index in [1.54, 1.807) is 0 Å². The molecule has 1 amide bonds. The number of likely N-dealkylation sites (tertiary alicyclic amines) is 1. The maximum atomic E-state index is 11.3. The van der Waals surface area contributed by atoms with Gasteiger partial charge in [0.25, 0.3) is 0 Å². The molecule has 1 aliphatic heterocycles. The molecule has 0 aliphatic carbocycles. The van der Waals surface area contributed by atoms with Crippen LogP contribution in [0.15, 0.2) is 0 Å². The second-order valence-electron chi connectivity index (χ2n) is 4.22. The number of amides is 1. The number of hydrogen-bond acceptors (Lipinski definition) is 4. The van der Waals surface area contributed by atoms with Gasteiger partial charge in [0.1, 0.15) is 0 Å². The monoisotopic (exact) mass is 224 g/mol. The van der Waals surface area contributed by atoms with Gasteiger partial charge in [-0.15, -0.1) is 0 Å². The number of nitrogens with one attached hydrogen (secondary N) is 2. The van der Waals surface area contributed by atoms with E-state index in [9.17, 15) is 4.79 Å². The summed E-state index contributed by atoms with van der Waals surface area (Å²) in [5.41, 5.74) is 0. The van der Waals surface area contributed by atoms with Crippen molar-refractivity contribution in [3.63, 3.8) is 0 Å². The van der Waals surface area contributed by atoms with Crippen LogP contribution in [0.5, 0.6) is 0 Å². The van der Waals surface area contributed by atoms with Gasteiger partial charge in [-0.25, -0.2) is 0 Å². The summed E-state index contributed by atoms with van der Waals surface area (Å²) in [5, 5.41) is 14.3. The van der Waals surface area contributed by atoms with Crippen LogP contribution in [-0.4, -0.2) is 50.1 Å². The summed E-state index contributed by atoms with van der Waals surface area (Å²) in [6, 6.07) is 2.45. The van der Waals surface area contributed by atoms with E-state index in [4.69, 9.17) is 5.26 Å². The third kappa shape index (κ3) is 5.10. The number of nitrogens with zero attached hydrogens (tertiary/aromatic N) is 2. The molecule has 0 radical (unpaired) electrons. The third-order valence-electron chi connectivity index (χ3n) is 2.83. The van der Waals surface area contributed by atoms with Gasteiger partial charge in [-0.3, -0.25) is 4.79 Å². The summed E-state index contributed by atoms with van der Waals surface area (Å²) in [5.74, 6) is -0.0193. The Morgan fingerprint density at radius 1 is 1.50 bits per heavy atom. The Labute approximate surface area is 96.8 Å². The number of hydrogen-bond donors (Lipinski definition) is 2. The van der Waals surface area contributed by atoms with Crippen LogP contribution in [0.4, 0.5) is 0 Å². The van der Waals surface area contributed by atoms with Crippen LogP contribution in [0.2, 0.25) is 0 Å². The van der Waals surface area contributed by atoms with E-state index in [0.717, 1.165) is 25.9 Å². The lowest BCUT2D eigenvalue weighted by Gasteiger charge is -2.29. The van der Waals surface area contributed by atoms with Crippen molar-refractivity contribution in [1.29, 1.82) is 5.26 Å². The van der Waals surface area contributed by atoms with E-state index < -0.39 is 0 Å². The Bertz CT molecular complexity index is 253. The standard InChI is InChI=1S/C11H20N4O/c1-15-7-3-10(4-8-15)14-9-11(16)13-6-2-5-12/h10,14H,2-4,6-9H2,1H3,(H,13,16). The summed E-state index contributed by atoms with van der Waals surface area (Å²) >= 11 is 0. The third-order valence-corrected chi connectivity index (χ3v) is 2.83. The lowest BCUT2D eigenvalue weighted by atomic mass is 10.1. The number of nitriles is 1. The topological polar surface area (TPSA) is 68.2 Å². The summed E-state index contributed by atoms with van der Waals surface area (Å²) in [4.78, 5) is 13.6. The van der Waals surface area contributed by atoms with Crippen LogP contribution in [0.1, 0.15) is 19.3 Å². The molecule has 5 heteroatoms. The molecule has 0 aromatic heterocycles. The van der Waals surface area contributed by atoms with Crippen LogP contribution in [0.25, 0.3) is 0 Å². The minimum Gasteiger partial charge on any atom is -0.354 e. The Morgan fingerprint density at radius 2 is 2.19 bits per heavy atom. The van der Waals surface area contributed by atoms with Crippen molar-refractivity contribution in [1.82, 2.24) is 15.5 Å². The first-order valence-corrected chi connectivity index (χ1v) is 5.78. The van der Waals surface area contributed by atoms with Crippen molar-refractivity contribution < 1.29 is 4.79 Å². The summed E-state index contributed by atoms with van der Waals surface area (Å²) in [6.45, 7) is 2.99. The largest absolute Gasteiger partial charge is 0.354 e. The average molecular weight is 224 g/mol. The van der Waals surface area contributed by atoms with Crippen LogP contribution in [0.3, 0.4) is 0 Å². The Kier molecular flexibility index (Phi) is 5.83. The van der Waals surface area contributed by atoms with Crippen LogP contribution in [0, 0.1) is 11.3 Å². The van der Waals surface area contributed by atoms with Gasteiger partial charge in [-0.1, -0.05) is 0 Å². The smallest absolute Gasteiger partial charge is 0.233 e. The highest BCUT2D eigenvalue weighted by molar-refractivity contribution is 5.77. The molecule has 0 saturated carbocycles. The predicted octanol–water partition coefficient (Wildman–Crippen LogP) is -0.300. The Balaban J connectivity index is 2.05. The molecule has 2 N–H and O–H groups in total. The van der Waals surface area contributed by atoms with Crippen molar-refractivity contribution in [2.75, 3.05) is 33.2 Å². The van der Waals surface area contributed by atoms with Crippen molar-refractivity contribution in [3.05, 3.63) is 0 Å². The quantitative estimate of drug-likeness (QED) is 0.629. The molecule has 0 spiro atoms. The molecule has 1 fully saturated rings. The van der Waals surface area contributed by atoms with E-state index in [1.807, 2.05) is 6.07 Å². The van der Waals surface area contributed by atoms with E-state index in [1.165, 1.54) is 0 Å². The Morgan fingerprint density at radius 3 is 2.81 bits per heavy atom. The van der Waals surface area contributed by atoms with Gasteiger partial charge in [0.15, 0.2) is 0 Å². The van der Waals surface area contributed by atoms with E-state index in [0.29, 0.717) is 25.6 Å². The fraction of sp³-hybridized carbons (Fsp3) is 0.818. The minimum absolute atomic E-state index is 0.0193. The summed E-state index contributed by atoms with van der Waals surface area (Å²) < 4.78 is 0. The zero-order valence-corrected chi connectivity index (χ0v) is 9.83. The van der Waals surface area contributed by atoms with E-state index in [2.05, 4.69) is 22.6 Å². The SMILES string of the molecule is CN1CCC(NCC(=O)NCCC#N)CC1. The molecule has 0 bridgehead atoms. The predicted molar refractivity (Wildman–Crippen MR) is 61.8 cm³/mol. The van der Waals surface area contributed by atoms with Crippen LogP contribution < -0.4 is 10.6 Å². The fourth-order valence-electron chi connectivity index (χ4n) is 1.77. The molecule has 0 aromatic carbocycles. The van der Waals surface area contributed by atoms with E-state index in [-0.39, 0.29) is 5.91 Å². The highest BCUT2D eigenvalue weighted by Crippen LogP contribution is 2.07. The lowest BCUT2D eigenvalue weighted by Crippen LogP contribution is -2.44. The molecule has 90 valence electrons. The van der Waals surface area contributed by atoms with Crippen LogP contribution in [-0.2, 0) is 4.79 Å². The number of carbonyl (C=O) groups excluding carboxylic acids is 1. The lowest BCUT2D eigenvalue weighted by molar-refractivity contribution is -0.120. The van der Waals surface area contributed by atoms with Gasteiger partial charge in [-0.05, 0) is 33.0 Å². The van der Waals surface area contributed by atoms with Crippen molar-refractivity contribution in [2.45, 2.75) is 25.3 Å². The molecule has 1 saturated heterocycles. The average Bonchev–Trinajstić information content (AvgIpc) is 2.29. The highest BCUT2D eigenvalue weighted by Gasteiger charge is 2.16. The molecule has 0 unspecified atom stereocenters. The first kappa shape index (κ1) is 12.9. The Hall–Kier alpha value is -1.12. The zero-order chi connectivity index (χ0) is 11.8. The van der Waals surface area contributed by atoms with Crippen molar-refractivity contribution in [3.8, 4) is 6.07 Å². The molecule has 5 nitrogen and oxygen atoms in total. The van der Waals surface area contributed by atoms with Gasteiger partial charge in [0.2, 0.25) is 5.91 Å². The number of carbonyl (C=O) groups is 1. The first-order valence-electron chi connectivity index (χ1n) is 5.78. The summed E-state index contributed by atoms with van der Waals surface area (Å²) in [6.07, 6.45) is 2.57. The van der Waals surface area contributed by atoms with Gasteiger partial charge >= 0.3 is 0 Å². The van der Waals surface area contributed by atoms with Gasteiger partial charge < -0.3 is 15.5 Å². The summed E-state index contributed by atoms with van der Waals surface area (Å²) in [7, 11) is 2.12. The van der Waals surface area contributed by atoms with Crippen molar-refractivity contribution in [2.24, 2.45) is 0 Å². The molecule has 16 heavy (non-hydrogen) atoms. The normalized spacial score (nSPS) is 18.0. The van der Waals surface area contributed by atoms with Gasteiger partial charge in [-0.2, -0.15) is 5.26 Å². The molecule has 1 aliphatic rings. The van der Waals surface area contributed by atoms with Crippen LogP contribution >= 0.6 is 0 Å². The molecule has 0 atom stereocenters. The van der Waals surface area contributed by atoms with Gasteiger partial charge in [0.05, 0.1) is 19.0 Å². The molecule has 1 rings (SSSR count). The number of rotatable bonds is 5. The zero-order valence-electron chi connectivity index (χ0n) is 9.83. The minimum atomic E-state index is -0.0193. The van der Waals surface area contributed by atoms with E-state index >= 15 is 0 Å². The second-order valence-corrected chi connectivity index (χ2v) is 4.22. The van der Waals surface area contributed by atoms with Gasteiger partial charge in [0, 0.05) is 12.6 Å². The molecule has 1 heterocycles. The maximum absolute atomic E-state index is 11.3.